The number of likely N-dealkylation sites (N-methyl/N-ethyl adjacent to an activating group) is 2. The zero-order valence-electron chi connectivity index (χ0n) is 14.9. The topological polar surface area (TPSA) is 60.9 Å². The van der Waals surface area contributed by atoms with Crippen molar-refractivity contribution in [3.8, 4) is 0 Å². The number of benzene rings is 1. The van der Waals surface area contributed by atoms with Gasteiger partial charge in [-0.25, -0.2) is 0 Å². The second kappa shape index (κ2) is 8.34. The molecule has 0 unspecified atom stereocenters. The lowest BCUT2D eigenvalue weighted by molar-refractivity contribution is -0.141. The number of carbonyl (C=O) groups excluding carboxylic acids is 3. The maximum atomic E-state index is 12.5. The minimum atomic E-state index is -0.144. The fourth-order valence-corrected chi connectivity index (χ4v) is 2.96. The van der Waals surface area contributed by atoms with Gasteiger partial charge >= 0.3 is 0 Å². The van der Waals surface area contributed by atoms with E-state index in [1.807, 2.05) is 0 Å². The molecule has 1 heterocycles. The highest BCUT2D eigenvalue weighted by atomic mass is 35.5. The highest BCUT2D eigenvalue weighted by Crippen LogP contribution is 2.21. The van der Waals surface area contributed by atoms with E-state index in [-0.39, 0.29) is 30.2 Å². The van der Waals surface area contributed by atoms with Gasteiger partial charge in [-0.05, 0) is 37.1 Å². The summed E-state index contributed by atoms with van der Waals surface area (Å²) in [6.45, 7) is 1.15. The van der Waals surface area contributed by atoms with Crippen LogP contribution in [-0.4, -0.2) is 73.2 Å². The smallest absolute Gasteiger partial charge is 0.253 e. The third-order valence-corrected chi connectivity index (χ3v) is 4.72. The molecule has 6 nitrogen and oxygen atoms in total. The lowest BCUT2D eigenvalue weighted by atomic mass is 9.95. The quantitative estimate of drug-likeness (QED) is 0.816. The summed E-state index contributed by atoms with van der Waals surface area (Å²) in [7, 11) is 4.98. The number of piperidine rings is 1. The molecule has 0 atom stereocenters. The van der Waals surface area contributed by atoms with E-state index in [1.165, 1.54) is 9.80 Å². The van der Waals surface area contributed by atoms with E-state index in [0.717, 1.165) is 0 Å². The maximum Gasteiger partial charge on any atom is 0.253 e. The summed E-state index contributed by atoms with van der Waals surface area (Å²) in [4.78, 5) is 41.4. The van der Waals surface area contributed by atoms with Gasteiger partial charge in [0.15, 0.2) is 0 Å². The van der Waals surface area contributed by atoms with E-state index in [9.17, 15) is 14.4 Å². The van der Waals surface area contributed by atoms with Gasteiger partial charge in [0.2, 0.25) is 11.8 Å². The second-order valence-corrected chi connectivity index (χ2v) is 6.99. The van der Waals surface area contributed by atoms with Gasteiger partial charge in [0, 0.05) is 50.7 Å². The van der Waals surface area contributed by atoms with E-state index in [2.05, 4.69) is 0 Å². The molecule has 1 aliphatic heterocycles. The number of nitrogens with zero attached hydrogens (tertiary/aromatic N) is 3. The largest absolute Gasteiger partial charge is 0.347 e. The number of halogens is 1. The van der Waals surface area contributed by atoms with Gasteiger partial charge in [-0.1, -0.05) is 11.6 Å². The molecular weight excluding hydrogens is 342 g/mol. The van der Waals surface area contributed by atoms with Crippen LogP contribution in [0.3, 0.4) is 0 Å². The average Bonchev–Trinajstić information content (AvgIpc) is 2.61. The number of rotatable bonds is 4. The van der Waals surface area contributed by atoms with Crippen LogP contribution in [0.1, 0.15) is 23.2 Å². The number of amides is 3. The van der Waals surface area contributed by atoms with Crippen LogP contribution in [0, 0.1) is 5.92 Å². The van der Waals surface area contributed by atoms with Crippen molar-refractivity contribution < 1.29 is 14.4 Å². The first-order valence-electron chi connectivity index (χ1n) is 8.29. The summed E-state index contributed by atoms with van der Waals surface area (Å²) < 4.78 is 0. The summed E-state index contributed by atoms with van der Waals surface area (Å²) in [6, 6.07) is 6.81. The molecule has 0 spiro atoms. The predicted molar refractivity (Wildman–Crippen MR) is 96.4 cm³/mol. The van der Waals surface area contributed by atoms with Gasteiger partial charge in [-0.3, -0.25) is 14.4 Å². The zero-order chi connectivity index (χ0) is 18.6. The van der Waals surface area contributed by atoms with E-state index in [0.29, 0.717) is 36.5 Å². The van der Waals surface area contributed by atoms with E-state index < -0.39 is 0 Å². The Morgan fingerprint density at radius 2 is 1.64 bits per heavy atom. The van der Waals surface area contributed by atoms with E-state index >= 15 is 0 Å². The average molecular weight is 366 g/mol. The molecule has 25 heavy (non-hydrogen) atoms. The molecule has 1 fully saturated rings. The van der Waals surface area contributed by atoms with Crippen molar-refractivity contribution >= 4 is 29.3 Å². The molecule has 1 saturated heterocycles. The molecule has 1 aromatic carbocycles. The fourth-order valence-electron chi connectivity index (χ4n) is 2.84. The van der Waals surface area contributed by atoms with Crippen molar-refractivity contribution in [1.82, 2.24) is 14.7 Å². The van der Waals surface area contributed by atoms with Crippen molar-refractivity contribution in [3.05, 3.63) is 34.9 Å². The first kappa shape index (κ1) is 19.2. The standard InChI is InChI=1S/C18H24ClN3O3/c1-20(2)16(23)12-21(3)17(24)14-8-10-22(11-9-14)18(25)13-4-6-15(19)7-5-13/h4-7,14H,8-12H2,1-3H3. The van der Waals surface area contributed by atoms with Crippen LogP contribution in [0.25, 0.3) is 0 Å². The van der Waals surface area contributed by atoms with Gasteiger partial charge in [0.25, 0.3) is 5.91 Å². The van der Waals surface area contributed by atoms with Crippen molar-refractivity contribution in [3.63, 3.8) is 0 Å². The van der Waals surface area contributed by atoms with Gasteiger partial charge < -0.3 is 14.7 Å². The molecule has 0 saturated carbocycles. The summed E-state index contributed by atoms with van der Waals surface area (Å²) in [5.41, 5.74) is 0.600. The molecule has 1 aromatic rings. The lowest BCUT2D eigenvalue weighted by Gasteiger charge is -2.33. The summed E-state index contributed by atoms with van der Waals surface area (Å²) >= 11 is 5.85. The summed E-state index contributed by atoms with van der Waals surface area (Å²) in [6.07, 6.45) is 1.22. The Kier molecular flexibility index (Phi) is 6.42. The molecule has 1 aliphatic rings. The summed E-state index contributed by atoms with van der Waals surface area (Å²) in [5.74, 6) is -0.326. The van der Waals surface area contributed by atoms with Gasteiger partial charge in [-0.15, -0.1) is 0 Å². The van der Waals surface area contributed by atoms with Crippen molar-refractivity contribution in [2.75, 3.05) is 40.8 Å². The number of likely N-dealkylation sites (tertiary alicyclic amines) is 1. The number of hydrogen-bond donors (Lipinski definition) is 0. The maximum absolute atomic E-state index is 12.5. The van der Waals surface area contributed by atoms with Gasteiger partial charge in [-0.2, -0.15) is 0 Å². The molecule has 3 amide bonds. The van der Waals surface area contributed by atoms with Crippen molar-refractivity contribution in [2.24, 2.45) is 5.92 Å². The fraction of sp³-hybridized carbons (Fsp3) is 0.500. The number of hydrogen-bond acceptors (Lipinski definition) is 3. The van der Waals surface area contributed by atoms with E-state index in [1.54, 1.807) is 50.3 Å². The molecule has 2 rings (SSSR count). The Morgan fingerprint density at radius 3 is 2.16 bits per heavy atom. The molecule has 0 radical (unpaired) electrons. The first-order chi connectivity index (χ1) is 11.8. The third-order valence-electron chi connectivity index (χ3n) is 4.47. The van der Waals surface area contributed by atoms with Gasteiger partial charge in [0.1, 0.15) is 0 Å². The molecule has 0 aliphatic carbocycles. The molecule has 0 N–H and O–H groups in total. The SMILES string of the molecule is CN(C)C(=O)CN(C)C(=O)C1CCN(C(=O)c2ccc(Cl)cc2)CC1. The van der Waals surface area contributed by atoms with Crippen molar-refractivity contribution in [2.45, 2.75) is 12.8 Å². The third kappa shape index (κ3) is 4.95. The van der Waals surface area contributed by atoms with Crippen LogP contribution in [0.4, 0.5) is 0 Å². The Labute approximate surface area is 153 Å². The normalized spacial score (nSPS) is 15.0. The minimum absolute atomic E-state index is 0.0335. The Balaban J connectivity index is 1.88. The lowest BCUT2D eigenvalue weighted by Crippen LogP contribution is -2.45. The van der Waals surface area contributed by atoms with Crippen LogP contribution in [0.15, 0.2) is 24.3 Å². The molecule has 136 valence electrons. The highest BCUT2D eigenvalue weighted by molar-refractivity contribution is 6.30. The molecule has 0 aromatic heterocycles. The first-order valence-corrected chi connectivity index (χ1v) is 8.67. The molecular formula is C18H24ClN3O3. The zero-order valence-corrected chi connectivity index (χ0v) is 15.6. The predicted octanol–water partition coefficient (Wildman–Crippen LogP) is 1.74. The van der Waals surface area contributed by atoms with Crippen LogP contribution in [-0.2, 0) is 9.59 Å². The highest BCUT2D eigenvalue weighted by Gasteiger charge is 2.30. The number of carbonyl (C=O) groups is 3. The Bertz CT molecular complexity index is 637. The Morgan fingerprint density at radius 1 is 1.08 bits per heavy atom. The minimum Gasteiger partial charge on any atom is -0.347 e. The summed E-state index contributed by atoms with van der Waals surface area (Å²) in [5, 5.41) is 0.594. The van der Waals surface area contributed by atoms with E-state index in [4.69, 9.17) is 11.6 Å². The van der Waals surface area contributed by atoms with Crippen LogP contribution < -0.4 is 0 Å². The molecule has 0 bridgehead atoms. The Hall–Kier alpha value is -2.08. The molecule has 7 heteroatoms. The van der Waals surface area contributed by atoms with Crippen LogP contribution >= 0.6 is 11.6 Å². The van der Waals surface area contributed by atoms with Crippen molar-refractivity contribution in [1.29, 1.82) is 0 Å². The van der Waals surface area contributed by atoms with Gasteiger partial charge in [0.05, 0.1) is 6.54 Å². The van der Waals surface area contributed by atoms with Crippen LogP contribution in [0.5, 0.6) is 0 Å². The monoisotopic (exact) mass is 365 g/mol. The van der Waals surface area contributed by atoms with Crippen LogP contribution in [0.2, 0.25) is 5.02 Å². The second-order valence-electron chi connectivity index (χ2n) is 6.56.